The van der Waals surface area contributed by atoms with Gasteiger partial charge in [0.05, 0.1) is 0 Å². The summed E-state index contributed by atoms with van der Waals surface area (Å²) in [5.74, 6) is 0. The van der Waals surface area contributed by atoms with Gasteiger partial charge in [-0.1, -0.05) is 31.2 Å². The molecular weight excluding hydrogens is 183 g/mol. The molecule has 0 saturated heterocycles. The summed E-state index contributed by atoms with van der Waals surface area (Å²) in [6, 6.07) is 8.53. The minimum atomic E-state index is 0. The Morgan fingerprint density at radius 3 is 2.36 bits per heavy atom. The van der Waals surface area contributed by atoms with Crippen molar-refractivity contribution < 1.29 is 29.6 Å². The van der Waals surface area contributed by atoms with Crippen LogP contribution in [-0.4, -0.2) is 6.54 Å². The van der Waals surface area contributed by atoms with Gasteiger partial charge in [-0.2, -0.15) is 11.9 Å². The van der Waals surface area contributed by atoms with E-state index in [0.29, 0.717) is 0 Å². The molecule has 14 heavy (non-hydrogen) atoms. The van der Waals surface area contributed by atoms with Gasteiger partial charge in [0.1, 0.15) is 0 Å². The largest absolute Gasteiger partial charge is 1.00 e. The van der Waals surface area contributed by atoms with E-state index in [1.54, 1.807) is 0 Å². The first kappa shape index (κ1) is 11.8. The Labute approximate surface area is 107 Å². The Balaban J connectivity index is 0.000000980. The molecule has 0 radical (unpaired) electrons. The average molecular weight is 196 g/mol. The van der Waals surface area contributed by atoms with E-state index in [-0.39, 0.29) is 29.6 Å². The average Bonchev–Trinajstić information content (AvgIpc) is 2.99. The van der Waals surface area contributed by atoms with Crippen molar-refractivity contribution in [2.75, 3.05) is 6.54 Å². The Hall–Kier alpha value is -0.280. The van der Waals surface area contributed by atoms with Crippen molar-refractivity contribution in [1.82, 2.24) is 5.32 Å². The first-order valence-electron chi connectivity index (χ1n) is 4.61. The van der Waals surface area contributed by atoms with Crippen LogP contribution in [0, 0.1) is 0 Å². The number of benzene rings is 1. The number of hydrogen-bond acceptors (Lipinski definition) is 1. The quantitative estimate of drug-likeness (QED) is 0.645. The summed E-state index contributed by atoms with van der Waals surface area (Å²) in [4.78, 5) is 0. The van der Waals surface area contributed by atoms with Crippen molar-refractivity contribution >= 4 is 5.70 Å². The number of rotatable bonds is 4. The summed E-state index contributed by atoms with van der Waals surface area (Å²) < 4.78 is 0. The molecule has 1 aromatic rings. The minimum Gasteiger partial charge on any atom is -0.666 e. The summed E-state index contributed by atoms with van der Waals surface area (Å²) in [6.45, 7) is 4.08. The van der Waals surface area contributed by atoms with E-state index < -0.39 is 0 Å². The van der Waals surface area contributed by atoms with Gasteiger partial charge in [-0.05, 0) is 17.7 Å². The number of nitrogens with zero attached hydrogens (tertiary/aromatic N) is 1. The zero-order valence-electron chi connectivity index (χ0n) is 8.75. The molecule has 1 aromatic carbocycles. The van der Waals surface area contributed by atoms with Gasteiger partial charge in [0.15, 0.2) is 0 Å². The Kier molecular flexibility index (Phi) is 4.69. The molecule has 0 amide bonds. The SMILES string of the molecule is CCNCc1ccc(C2=C[N-]2)cc1.[Na+]. The molecule has 2 rings (SSSR count). The fraction of sp³-hybridized carbons (Fsp3) is 0.273. The van der Waals surface area contributed by atoms with Crippen LogP contribution in [0.5, 0.6) is 0 Å². The Morgan fingerprint density at radius 2 is 1.86 bits per heavy atom. The Morgan fingerprint density at radius 1 is 1.21 bits per heavy atom. The first-order chi connectivity index (χ1) is 6.40. The van der Waals surface area contributed by atoms with Crippen molar-refractivity contribution in [1.29, 1.82) is 0 Å². The van der Waals surface area contributed by atoms with E-state index in [1.807, 2.05) is 6.20 Å². The predicted octanol–water partition coefficient (Wildman–Crippen LogP) is -0.514. The summed E-state index contributed by atoms with van der Waals surface area (Å²) in [7, 11) is 0. The molecule has 0 aromatic heterocycles. The van der Waals surface area contributed by atoms with Gasteiger partial charge in [0.2, 0.25) is 0 Å². The topological polar surface area (TPSA) is 26.1 Å². The van der Waals surface area contributed by atoms with Crippen LogP contribution in [0.2, 0.25) is 0 Å². The zero-order valence-corrected chi connectivity index (χ0v) is 10.7. The van der Waals surface area contributed by atoms with Crippen LogP contribution in [0.1, 0.15) is 18.1 Å². The Bertz CT molecular complexity index is 317. The van der Waals surface area contributed by atoms with Gasteiger partial charge in [-0.25, -0.2) is 0 Å². The molecule has 1 aliphatic rings. The molecule has 1 heterocycles. The monoisotopic (exact) mass is 196 g/mol. The van der Waals surface area contributed by atoms with E-state index in [1.165, 1.54) is 11.1 Å². The molecule has 1 aliphatic heterocycles. The molecule has 0 atom stereocenters. The zero-order chi connectivity index (χ0) is 9.10. The maximum absolute atomic E-state index is 4.04. The third-order valence-electron chi connectivity index (χ3n) is 2.09. The normalized spacial score (nSPS) is 12.5. The van der Waals surface area contributed by atoms with Crippen molar-refractivity contribution in [3.63, 3.8) is 0 Å². The molecule has 0 bridgehead atoms. The van der Waals surface area contributed by atoms with Gasteiger partial charge in [0, 0.05) is 6.54 Å². The van der Waals surface area contributed by atoms with Crippen LogP contribution in [0.25, 0.3) is 11.0 Å². The van der Waals surface area contributed by atoms with E-state index >= 15 is 0 Å². The van der Waals surface area contributed by atoms with E-state index in [2.05, 4.69) is 41.8 Å². The second-order valence-electron chi connectivity index (χ2n) is 3.12. The molecule has 68 valence electrons. The maximum Gasteiger partial charge on any atom is 1.00 e. The molecule has 0 saturated carbocycles. The molecule has 1 N–H and O–H groups in total. The molecular formula is C11H13N2Na. The van der Waals surface area contributed by atoms with Gasteiger partial charge in [0.25, 0.3) is 0 Å². The number of hydrogen-bond donors (Lipinski definition) is 1. The van der Waals surface area contributed by atoms with Crippen LogP contribution in [0.4, 0.5) is 0 Å². The van der Waals surface area contributed by atoms with Crippen LogP contribution in [0.15, 0.2) is 30.5 Å². The first-order valence-corrected chi connectivity index (χ1v) is 4.61. The van der Waals surface area contributed by atoms with E-state index in [9.17, 15) is 0 Å². The fourth-order valence-corrected chi connectivity index (χ4v) is 1.24. The smallest absolute Gasteiger partial charge is 0.666 e. The second-order valence-corrected chi connectivity index (χ2v) is 3.12. The molecule has 3 heteroatoms. The van der Waals surface area contributed by atoms with Crippen LogP contribution in [-0.2, 0) is 6.54 Å². The van der Waals surface area contributed by atoms with Crippen LogP contribution < -0.4 is 34.9 Å². The summed E-state index contributed by atoms with van der Waals surface area (Å²) in [5, 5.41) is 7.33. The summed E-state index contributed by atoms with van der Waals surface area (Å²) in [6.07, 6.45) is 1.89. The molecule has 0 fully saturated rings. The third-order valence-corrected chi connectivity index (χ3v) is 2.09. The second kappa shape index (κ2) is 5.56. The van der Waals surface area contributed by atoms with Crippen LogP contribution in [0.3, 0.4) is 0 Å². The predicted molar refractivity (Wildman–Crippen MR) is 55.2 cm³/mol. The van der Waals surface area contributed by atoms with Crippen molar-refractivity contribution in [2.24, 2.45) is 0 Å². The molecule has 0 spiro atoms. The van der Waals surface area contributed by atoms with Gasteiger partial charge in [-0.15, -0.1) is 0 Å². The van der Waals surface area contributed by atoms with Crippen molar-refractivity contribution in [3.8, 4) is 0 Å². The van der Waals surface area contributed by atoms with Gasteiger partial charge < -0.3 is 10.6 Å². The summed E-state index contributed by atoms with van der Waals surface area (Å²) >= 11 is 0. The van der Waals surface area contributed by atoms with Gasteiger partial charge >= 0.3 is 29.6 Å². The standard InChI is InChI=1S/C11H13N2.Na/c1-2-12-7-9-3-5-10(6-4-9)11-8-13-11;/h3-6,8,12H,2,7H2,1H3;/q-1;+1. The third kappa shape index (κ3) is 3.14. The molecule has 2 nitrogen and oxygen atoms in total. The molecule has 0 aliphatic carbocycles. The van der Waals surface area contributed by atoms with E-state index in [0.717, 1.165) is 18.8 Å². The molecule has 0 unspecified atom stereocenters. The maximum atomic E-state index is 4.04. The van der Waals surface area contributed by atoms with E-state index in [4.69, 9.17) is 0 Å². The van der Waals surface area contributed by atoms with Crippen LogP contribution >= 0.6 is 0 Å². The van der Waals surface area contributed by atoms with Crippen molar-refractivity contribution in [3.05, 3.63) is 46.9 Å². The van der Waals surface area contributed by atoms with Gasteiger partial charge in [-0.3, -0.25) is 0 Å². The minimum absolute atomic E-state index is 0. The van der Waals surface area contributed by atoms with Crippen molar-refractivity contribution in [2.45, 2.75) is 13.5 Å². The number of nitrogens with one attached hydrogen (secondary N) is 1. The fourth-order valence-electron chi connectivity index (χ4n) is 1.24. The summed E-state index contributed by atoms with van der Waals surface area (Å²) in [5.41, 5.74) is 3.67.